The van der Waals surface area contributed by atoms with Crippen LogP contribution in [0.3, 0.4) is 0 Å². The third kappa shape index (κ3) is 2.65. The number of phenols is 1. The molecule has 0 aliphatic heterocycles. The summed E-state index contributed by atoms with van der Waals surface area (Å²) in [6.45, 7) is 1.70. The van der Waals surface area contributed by atoms with Crippen LogP contribution < -0.4 is 5.32 Å². The van der Waals surface area contributed by atoms with E-state index in [2.05, 4.69) is 26.2 Å². The molecule has 0 fully saturated rings. The molecule has 17 heavy (non-hydrogen) atoms. The molecule has 0 atom stereocenters. The van der Waals surface area contributed by atoms with Gasteiger partial charge in [0.1, 0.15) is 5.75 Å². The van der Waals surface area contributed by atoms with E-state index < -0.39 is 0 Å². The molecule has 6 heteroatoms. The summed E-state index contributed by atoms with van der Waals surface area (Å²) in [4.78, 5) is 15.9. The average molecular weight is 313 g/mol. The summed E-state index contributed by atoms with van der Waals surface area (Å²) in [6, 6.07) is 4.84. The van der Waals surface area contributed by atoms with Gasteiger partial charge in [0.15, 0.2) is 5.13 Å². The number of thiazole rings is 1. The number of halogens is 1. The number of nitrogens with one attached hydrogen (secondary N) is 1. The largest absolute Gasteiger partial charge is 0.508 e. The maximum Gasteiger partial charge on any atom is 0.257 e. The van der Waals surface area contributed by atoms with E-state index in [1.54, 1.807) is 31.3 Å². The Labute approximate surface area is 110 Å². The normalized spacial score (nSPS) is 10.2. The molecule has 2 aromatic rings. The van der Waals surface area contributed by atoms with Gasteiger partial charge in [0.2, 0.25) is 0 Å². The van der Waals surface area contributed by atoms with Crippen molar-refractivity contribution in [1.82, 2.24) is 4.98 Å². The highest BCUT2D eigenvalue weighted by Gasteiger charge is 2.12. The summed E-state index contributed by atoms with van der Waals surface area (Å²) >= 11 is 4.60. The van der Waals surface area contributed by atoms with Crippen molar-refractivity contribution in [2.24, 2.45) is 0 Å². The second-order valence-electron chi connectivity index (χ2n) is 3.37. The van der Waals surface area contributed by atoms with Crippen LogP contribution in [0.15, 0.2) is 28.2 Å². The second-order valence-corrected chi connectivity index (χ2v) is 5.78. The molecule has 4 nitrogen and oxygen atoms in total. The quantitative estimate of drug-likeness (QED) is 0.895. The van der Waals surface area contributed by atoms with Crippen molar-refractivity contribution >= 4 is 38.3 Å². The van der Waals surface area contributed by atoms with E-state index in [1.165, 1.54) is 11.3 Å². The summed E-state index contributed by atoms with van der Waals surface area (Å²) in [6.07, 6.45) is 1.62. The lowest BCUT2D eigenvalue weighted by Crippen LogP contribution is -2.13. The molecular formula is C11H9BrN2O2S. The fourth-order valence-electron chi connectivity index (χ4n) is 1.35. The number of carbonyl (C=O) groups is 1. The van der Waals surface area contributed by atoms with Crippen molar-refractivity contribution < 1.29 is 9.90 Å². The first-order chi connectivity index (χ1) is 8.08. The summed E-state index contributed by atoms with van der Waals surface area (Å²) in [7, 11) is 0. The molecule has 0 radical (unpaired) electrons. The molecule has 2 N–H and O–H groups in total. The SMILES string of the molecule is Cc1c(O)cccc1C(=O)Nc1ncc(Br)s1. The van der Waals surface area contributed by atoms with Crippen LogP contribution in [0.4, 0.5) is 5.13 Å². The second kappa shape index (κ2) is 4.85. The van der Waals surface area contributed by atoms with E-state index in [1.807, 2.05) is 0 Å². The minimum Gasteiger partial charge on any atom is -0.508 e. The van der Waals surface area contributed by atoms with Gasteiger partial charge in [-0.25, -0.2) is 4.98 Å². The van der Waals surface area contributed by atoms with Crippen LogP contribution in [0.1, 0.15) is 15.9 Å². The third-order valence-electron chi connectivity index (χ3n) is 2.25. The highest BCUT2D eigenvalue weighted by atomic mass is 79.9. The van der Waals surface area contributed by atoms with Crippen molar-refractivity contribution in [1.29, 1.82) is 0 Å². The van der Waals surface area contributed by atoms with Gasteiger partial charge in [-0.2, -0.15) is 0 Å². The molecule has 1 aromatic carbocycles. The first kappa shape index (κ1) is 12.1. The zero-order chi connectivity index (χ0) is 12.4. The Morgan fingerprint density at radius 3 is 2.94 bits per heavy atom. The number of nitrogens with zero attached hydrogens (tertiary/aromatic N) is 1. The van der Waals surface area contributed by atoms with Crippen molar-refractivity contribution in [3.05, 3.63) is 39.3 Å². The van der Waals surface area contributed by atoms with Gasteiger partial charge >= 0.3 is 0 Å². The van der Waals surface area contributed by atoms with Gasteiger partial charge in [0.25, 0.3) is 5.91 Å². The first-order valence-electron chi connectivity index (χ1n) is 4.79. The Morgan fingerprint density at radius 2 is 2.29 bits per heavy atom. The van der Waals surface area contributed by atoms with Crippen LogP contribution >= 0.6 is 27.3 Å². The molecule has 0 saturated carbocycles. The molecule has 0 bridgehead atoms. The Kier molecular flexibility index (Phi) is 3.44. The topological polar surface area (TPSA) is 62.2 Å². The Morgan fingerprint density at radius 1 is 1.53 bits per heavy atom. The van der Waals surface area contributed by atoms with Crippen molar-refractivity contribution in [3.63, 3.8) is 0 Å². The van der Waals surface area contributed by atoms with Gasteiger partial charge in [0.05, 0.1) is 9.98 Å². The van der Waals surface area contributed by atoms with Crippen molar-refractivity contribution in [3.8, 4) is 5.75 Å². The van der Waals surface area contributed by atoms with Crippen LogP contribution in [-0.4, -0.2) is 16.0 Å². The number of hydrogen-bond donors (Lipinski definition) is 2. The highest BCUT2D eigenvalue weighted by molar-refractivity contribution is 9.11. The molecule has 0 aliphatic carbocycles. The number of phenolic OH excluding ortho intramolecular Hbond substituents is 1. The van der Waals surface area contributed by atoms with E-state index >= 15 is 0 Å². The standard InChI is InChI=1S/C11H9BrN2O2S/c1-6-7(3-2-4-8(6)15)10(16)14-11-13-5-9(12)17-11/h2-5,15H,1H3,(H,13,14,16). The Bertz CT molecular complexity index is 568. The predicted octanol–water partition coefficient (Wildman–Crippen LogP) is 3.17. The van der Waals surface area contributed by atoms with Crippen molar-refractivity contribution in [2.45, 2.75) is 6.92 Å². The molecule has 0 unspecified atom stereocenters. The van der Waals surface area contributed by atoms with Crippen LogP contribution in [0.5, 0.6) is 5.75 Å². The number of carbonyl (C=O) groups excluding carboxylic acids is 1. The number of hydrogen-bond acceptors (Lipinski definition) is 4. The lowest BCUT2D eigenvalue weighted by atomic mass is 10.1. The molecule has 1 amide bonds. The number of aromatic nitrogens is 1. The minimum absolute atomic E-state index is 0.109. The summed E-state index contributed by atoms with van der Waals surface area (Å²) in [5, 5.41) is 12.7. The maximum absolute atomic E-state index is 11.9. The number of anilines is 1. The monoisotopic (exact) mass is 312 g/mol. The lowest BCUT2D eigenvalue weighted by molar-refractivity contribution is 0.102. The van der Waals surface area contributed by atoms with Gasteiger partial charge in [-0.15, -0.1) is 0 Å². The smallest absolute Gasteiger partial charge is 0.257 e. The maximum atomic E-state index is 11.9. The van der Waals surface area contributed by atoms with Crippen LogP contribution in [0.25, 0.3) is 0 Å². The number of rotatable bonds is 2. The summed E-state index contributed by atoms with van der Waals surface area (Å²) in [5.41, 5.74) is 0.997. The van der Waals surface area contributed by atoms with E-state index in [9.17, 15) is 9.90 Å². The number of benzene rings is 1. The van der Waals surface area contributed by atoms with E-state index in [0.717, 1.165) is 3.79 Å². The van der Waals surface area contributed by atoms with Gasteiger partial charge in [-0.3, -0.25) is 10.1 Å². The average Bonchev–Trinajstić information content (AvgIpc) is 2.68. The van der Waals surface area contributed by atoms with Crippen LogP contribution in [-0.2, 0) is 0 Å². The van der Waals surface area contributed by atoms with Gasteiger partial charge in [-0.1, -0.05) is 17.4 Å². The molecular weight excluding hydrogens is 304 g/mol. The molecule has 88 valence electrons. The van der Waals surface area contributed by atoms with Crippen LogP contribution in [0.2, 0.25) is 0 Å². The zero-order valence-electron chi connectivity index (χ0n) is 8.90. The highest BCUT2D eigenvalue weighted by Crippen LogP contribution is 2.25. The van der Waals surface area contributed by atoms with Gasteiger partial charge < -0.3 is 5.11 Å². The van der Waals surface area contributed by atoms with E-state index in [4.69, 9.17) is 0 Å². The van der Waals surface area contributed by atoms with Gasteiger partial charge in [0, 0.05) is 11.1 Å². The first-order valence-corrected chi connectivity index (χ1v) is 6.40. The van der Waals surface area contributed by atoms with Crippen LogP contribution in [0, 0.1) is 6.92 Å². The van der Waals surface area contributed by atoms with Crippen molar-refractivity contribution in [2.75, 3.05) is 5.32 Å². The predicted molar refractivity (Wildman–Crippen MR) is 70.6 cm³/mol. The zero-order valence-corrected chi connectivity index (χ0v) is 11.3. The number of amides is 1. The fourth-order valence-corrected chi connectivity index (χ4v) is 2.45. The Hall–Kier alpha value is -1.40. The minimum atomic E-state index is -0.278. The molecule has 1 heterocycles. The number of aromatic hydroxyl groups is 1. The lowest BCUT2D eigenvalue weighted by Gasteiger charge is -2.06. The Balaban J connectivity index is 2.23. The van der Waals surface area contributed by atoms with E-state index in [-0.39, 0.29) is 11.7 Å². The summed E-state index contributed by atoms with van der Waals surface area (Å²) in [5.74, 6) is -0.168. The molecule has 0 aliphatic rings. The van der Waals surface area contributed by atoms with Gasteiger partial charge in [-0.05, 0) is 35.0 Å². The molecule has 1 aromatic heterocycles. The van der Waals surface area contributed by atoms with E-state index in [0.29, 0.717) is 16.3 Å². The third-order valence-corrected chi connectivity index (χ3v) is 3.64. The summed E-state index contributed by atoms with van der Waals surface area (Å²) < 4.78 is 0.848. The molecule has 0 spiro atoms. The fraction of sp³-hybridized carbons (Fsp3) is 0.0909. The molecule has 0 saturated heterocycles. The molecule has 2 rings (SSSR count).